The molecule has 0 amide bonds. The van der Waals surface area contributed by atoms with Crippen molar-refractivity contribution in [2.75, 3.05) is 11.1 Å². The van der Waals surface area contributed by atoms with Crippen LogP contribution in [0.1, 0.15) is 25.3 Å². The predicted octanol–water partition coefficient (Wildman–Crippen LogP) is 5.00. The highest BCUT2D eigenvalue weighted by atomic mass is 79.9. The van der Waals surface area contributed by atoms with E-state index in [2.05, 4.69) is 27.8 Å². The molecule has 0 radical (unpaired) electrons. The molecule has 0 aliphatic rings. The molecular weight excluding hydrogens is 327 g/mol. The van der Waals surface area contributed by atoms with Crippen molar-refractivity contribution in [3.05, 3.63) is 23.9 Å². The zero-order chi connectivity index (χ0) is 13.6. The number of hydrogen-bond acceptors (Lipinski definition) is 2. The number of nitrogens with zero attached hydrogens (tertiary/aromatic N) is 1. The minimum absolute atomic E-state index is 0.617. The number of alkyl halides is 4. The molecule has 1 unspecified atom stereocenters. The molecule has 18 heavy (non-hydrogen) atoms. The average molecular weight is 342 g/mol. The van der Waals surface area contributed by atoms with Gasteiger partial charge in [-0.05, 0) is 36.6 Å². The molecule has 102 valence electrons. The monoisotopic (exact) mass is 341 g/mol. The molecule has 0 N–H and O–H groups in total. The van der Waals surface area contributed by atoms with E-state index in [9.17, 15) is 13.2 Å². The quantitative estimate of drug-likeness (QED) is 0.533. The van der Waals surface area contributed by atoms with Gasteiger partial charge in [0.05, 0.1) is 10.6 Å². The molecule has 1 atom stereocenters. The summed E-state index contributed by atoms with van der Waals surface area (Å²) in [5.41, 5.74) is -0.695. The third-order valence-corrected chi connectivity index (χ3v) is 3.96. The van der Waals surface area contributed by atoms with Crippen LogP contribution in [0.15, 0.2) is 23.4 Å². The van der Waals surface area contributed by atoms with E-state index in [1.165, 1.54) is 17.8 Å². The second-order valence-electron chi connectivity index (χ2n) is 4.10. The molecule has 1 rings (SSSR count). The Hall–Kier alpha value is -0.230. The van der Waals surface area contributed by atoms with Gasteiger partial charge >= 0.3 is 6.18 Å². The Kier molecular flexibility index (Phi) is 6.49. The van der Waals surface area contributed by atoms with Crippen LogP contribution in [0.2, 0.25) is 0 Å². The SMILES string of the molecule is CC(CCBr)CCSc1ccc(C(F)(F)F)cn1. The van der Waals surface area contributed by atoms with Crippen molar-refractivity contribution in [3.8, 4) is 0 Å². The van der Waals surface area contributed by atoms with Crippen LogP contribution >= 0.6 is 27.7 Å². The molecule has 1 nitrogen and oxygen atoms in total. The summed E-state index contributed by atoms with van der Waals surface area (Å²) in [7, 11) is 0. The summed E-state index contributed by atoms with van der Waals surface area (Å²) in [5.74, 6) is 1.50. The minimum Gasteiger partial charge on any atom is -0.249 e. The molecule has 0 saturated carbocycles. The Balaban J connectivity index is 2.40. The number of rotatable bonds is 6. The third-order valence-electron chi connectivity index (χ3n) is 2.53. The van der Waals surface area contributed by atoms with Crippen LogP contribution in [0.5, 0.6) is 0 Å². The fraction of sp³-hybridized carbons (Fsp3) is 0.583. The van der Waals surface area contributed by atoms with Crippen molar-refractivity contribution in [2.24, 2.45) is 5.92 Å². The number of pyridine rings is 1. The Morgan fingerprint density at radius 1 is 1.33 bits per heavy atom. The van der Waals surface area contributed by atoms with Gasteiger partial charge in [0, 0.05) is 11.5 Å². The van der Waals surface area contributed by atoms with Crippen LogP contribution in [0.3, 0.4) is 0 Å². The van der Waals surface area contributed by atoms with E-state index in [0.717, 1.165) is 36.2 Å². The van der Waals surface area contributed by atoms with Gasteiger partial charge in [-0.2, -0.15) is 13.2 Å². The van der Waals surface area contributed by atoms with Crippen LogP contribution in [-0.2, 0) is 6.18 Å². The van der Waals surface area contributed by atoms with Crippen molar-refractivity contribution in [2.45, 2.75) is 31.0 Å². The molecule has 0 bridgehead atoms. The van der Waals surface area contributed by atoms with Gasteiger partial charge in [-0.15, -0.1) is 11.8 Å². The van der Waals surface area contributed by atoms with E-state index in [1.54, 1.807) is 0 Å². The first-order chi connectivity index (χ1) is 8.43. The molecule has 1 aromatic heterocycles. The van der Waals surface area contributed by atoms with Crippen LogP contribution in [0.4, 0.5) is 13.2 Å². The van der Waals surface area contributed by atoms with Gasteiger partial charge in [-0.3, -0.25) is 0 Å². The number of aromatic nitrogens is 1. The zero-order valence-electron chi connectivity index (χ0n) is 10.0. The topological polar surface area (TPSA) is 12.9 Å². The fourth-order valence-electron chi connectivity index (χ4n) is 1.33. The van der Waals surface area contributed by atoms with Gasteiger partial charge in [0.1, 0.15) is 0 Å². The summed E-state index contributed by atoms with van der Waals surface area (Å²) in [6.45, 7) is 2.17. The summed E-state index contributed by atoms with van der Waals surface area (Å²) in [6, 6.07) is 2.51. The lowest BCUT2D eigenvalue weighted by Crippen LogP contribution is -2.05. The second kappa shape index (κ2) is 7.38. The van der Waals surface area contributed by atoms with Crippen molar-refractivity contribution in [3.63, 3.8) is 0 Å². The molecule has 1 aromatic rings. The Morgan fingerprint density at radius 2 is 2.06 bits per heavy atom. The third kappa shape index (κ3) is 5.61. The first-order valence-electron chi connectivity index (χ1n) is 5.65. The first kappa shape index (κ1) is 15.8. The maximum absolute atomic E-state index is 12.3. The Morgan fingerprint density at radius 3 is 2.56 bits per heavy atom. The molecule has 0 spiro atoms. The molecule has 1 heterocycles. The maximum atomic E-state index is 12.3. The average Bonchev–Trinajstić information content (AvgIpc) is 2.29. The van der Waals surface area contributed by atoms with Crippen molar-refractivity contribution in [1.29, 1.82) is 0 Å². The standard InChI is InChI=1S/C12H15BrF3NS/c1-9(4-6-13)5-7-18-11-3-2-10(8-17-11)12(14,15)16/h2-3,8-9H,4-7H2,1H3. The molecule has 0 saturated heterocycles. The number of hydrogen-bond donors (Lipinski definition) is 0. The summed E-state index contributed by atoms with van der Waals surface area (Å²) in [5, 5.41) is 1.63. The Bertz CT molecular complexity index is 353. The summed E-state index contributed by atoms with van der Waals surface area (Å²) in [4.78, 5) is 3.82. The van der Waals surface area contributed by atoms with Crippen molar-refractivity contribution < 1.29 is 13.2 Å². The van der Waals surface area contributed by atoms with Gasteiger partial charge in [0.15, 0.2) is 0 Å². The molecular formula is C12H15BrF3NS. The number of thioether (sulfide) groups is 1. The van der Waals surface area contributed by atoms with Crippen LogP contribution in [0, 0.1) is 5.92 Å². The normalized spacial score (nSPS) is 13.6. The van der Waals surface area contributed by atoms with Crippen LogP contribution < -0.4 is 0 Å². The lowest BCUT2D eigenvalue weighted by Gasteiger charge is -2.09. The van der Waals surface area contributed by atoms with Gasteiger partial charge in [-0.25, -0.2) is 4.98 Å². The highest BCUT2D eigenvalue weighted by molar-refractivity contribution is 9.09. The van der Waals surface area contributed by atoms with E-state index in [1.807, 2.05) is 0 Å². The van der Waals surface area contributed by atoms with Crippen LogP contribution in [0.25, 0.3) is 0 Å². The molecule has 0 aliphatic heterocycles. The molecule has 6 heteroatoms. The largest absolute Gasteiger partial charge is 0.417 e. The molecule has 0 aromatic carbocycles. The van der Waals surface area contributed by atoms with E-state index in [4.69, 9.17) is 0 Å². The molecule has 0 fully saturated rings. The van der Waals surface area contributed by atoms with E-state index >= 15 is 0 Å². The Labute approximate surface area is 118 Å². The van der Waals surface area contributed by atoms with Crippen molar-refractivity contribution >= 4 is 27.7 Å². The lowest BCUT2D eigenvalue weighted by molar-refractivity contribution is -0.137. The maximum Gasteiger partial charge on any atom is 0.417 e. The van der Waals surface area contributed by atoms with Gasteiger partial charge in [0.2, 0.25) is 0 Å². The predicted molar refractivity (Wildman–Crippen MR) is 72.2 cm³/mol. The summed E-state index contributed by atoms with van der Waals surface area (Å²) >= 11 is 4.89. The zero-order valence-corrected chi connectivity index (χ0v) is 12.4. The van der Waals surface area contributed by atoms with Gasteiger partial charge < -0.3 is 0 Å². The summed E-state index contributed by atoms with van der Waals surface area (Å²) in [6.07, 6.45) is -1.26. The van der Waals surface area contributed by atoms with Crippen molar-refractivity contribution in [1.82, 2.24) is 4.98 Å². The van der Waals surface area contributed by atoms with Gasteiger partial charge in [-0.1, -0.05) is 22.9 Å². The fourth-order valence-corrected chi connectivity index (χ4v) is 3.13. The number of halogens is 4. The lowest BCUT2D eigenvalue weighted by atomic mass is 10.1. The highest BCUT2D eigenvalue weighted by Gasteiger charge is 2.30. The van der Waals surface area contributed by atoms with Gasteiger partial charge in [0.25, 0.3) is 0 Å². The van der Waals surface area contributed by atoms with E-state index in [-0.39, 0.29) is 0 Å². The van der Waals surface area contributed by atoms with E-state index < -0.39 is 11.7 Å². The smallest absolute Gasteiger partial charge is 0.249 e. The molecule has 0 aliphatic carbocycles. The second-order valence-corrected chi connectivity index (χ2v) is 6.01. The summed E-state index contributed by atoms with van der Waals surface area (Å²) < 4.78 is 36.9. The first-order valence-corrected chi connectivity index (χ1v) is 7.76. The van der Waals surface area contributed by atoms with Crippen LogP contribution in [-0.4, -0.2) is 16.1 Å². The highest BCUT2D eigenvalue weighted by Crippen LogP contribution is 2.29. The van der Waals surface area contributed by atoms with E-state index in [0.29, 0.717) is 10.9 Å². The minimum atomic E-state index is -4.30.